The second-order valence-corrected chi connectivity index (χ2v) is 10.00. The molecule has 1 aliphatic rings. The highest BCUT2D eigenvalue weighted by atomic mass is 35.5. The maximum atomic E-state index is 13.7. The normalized spacial score (nSPS) is 14.1. The van der Waals surface area contributed by atoms with E-state index in [4.69, 9.17) is 22.9 Å². The molecule has 0 aliphatic carbocycles. The van der Waals surface area contributed by atoms with Crippen molar-refractivity contribution in [3.8, 4) is 0 Å². The van der Waals surface area contributed by atoms with Crippen molar-refractivity contribution < 1.29 is 18.0 Å². The lowest BCUT2D eigenvalue weighted by atomic mass is 10.1. The van der Waals surface area contributed by atoms with E-state index >= 15 is 0 Å². The Morgan fingerprint density at radius 2 is 2.00 bits per heavy atom. The summed E-state index contributed by atoms with van der Waals surface area (Å²) in [7, 11) is 0. The number of rotatable bonds is 8. The number of anilines is 2. The van der Waals surface area contributed by atoms with Crippen molar-refractivity contribution >= 4 is 45.9 Å². The molecule has 1 aromatic carbocycles. The smallest absolute Gasteiger partial charge is 0.322 e. The number of halogens is 4. The minimum Gasteiger partial charge on any atom is -0.322 e. The van der Waals surface area contributed by atoms with Crippen molar-refractivity contribution in [1.82, 2.24) is 14.9 Å². The number of nitrogens with one attached hydrogen (secondary N) is 2. The number of thiazole rings is 1. The van der Waals surface area contributed by atoms with Gasteiger partial charge < -0.3 is 15.7 Å². The molecule has 1 amide bonds. The van der Waals surface area contributed by atoms with E-state index in [0.29, 0.717) is 21.8 Å². The van der Waals surface area contributed by atoms with Gasteiger partial charge in [0.25, 0.3) is 5.91 Å². The Morgan fingerprint density at radius 1 is 1.27 bits per heavy atom. The van der Waals surface area contributed by atoms with E-state index < -0.39 is 17.6 Å². The number of hydrogen-bond donors (Lipinski definition) is 3. The average molecular weight is 552 g/mol. The predicted octanol–water partition coefficient (Wildman–Crippen LogP) is 5.11. The zero-order valence-electron chi connectivity index (χ0n) is 19.9. The maximum absolute atomic E-state index is 13.7. The van der Waals surface area contributed by atoms with Gasteiger partial charge in [0.15, 0.2) is 0 Å². The average Bonchev–Trinajstić information content (AvgIpc) is 3.55. The zero-order chi connectivity index (χ0) is 26.7. The number of likely N-dealkylation sites (tertiary alicyclic amines) is 1. The number of aromatic nitrogens is 2. The summed E-state index contributed by atoms with van der Waals surface area (Å²) >= 11 is 7.45. The Hall–Kier alpha value is -3.06. The molecular formula is C24H25ClF3N7OS. The minimum absolute atomic E-state index is 0.0189. The molecule has 13 heteroatoms. The van der Waals surface area contributed by atoms with E-state index in [2.05, 4.69) is 15.3 Å². The number of nitrogens with zero attached hydrogens (tertiary/aromatic N) is 4. The van der Waals surface area contributed by atoms with Gasteiger partial charge in [0.1, 0.15) is 0 Å². The van der Waals surface area contributed by atoms with Crippen molar-refractivity contribution in [3.05, 3.63) is 68.4 Å². The van der Waals surface area contributed by atoms with Crippen molar-refractivity contribution in [2.75, 3.05) is 30.0 Å². The SMILES string of the molecule is Cc1ncc(C(=O)Nc2cc(CN3CCCC3)c(Cl)c(C(F)(F)F)c2)cc1N(N)CC(=N)c1cncs1. The molecule has 0 atom stereocenters. The number of carbonyl (C=O) groups excluding carboxylic acids is 1. The van der Waals surface area contributed by atoms with Gasteiger partial charge in [-0.3, -0.25) is 19.7 Å². The van der Waals surface area contributed by atoms with Gasteiger partial charge in [0, 0.05) is 24.6 Å². The molecule has 3 aromatic rings. The molecule has 4 N–H and O–H groups in total. The molecule has 3 heterocycles. The summed E-state index contributed by atoms with van der Waals surface area (Å²) in [6.45, 7) is 3.56. The fourth-order valence-corrected chi connectivity index (χ4v) is 4.94. The number of carbonyl (C=O) groups is 1. The van der Waals surface area contributed by atoms with Gasteiger partial charge in [-0.1, -0.05) is 11.6 Å². The first kappa shape index (κ1) is 27.0. The van der Waals surface area contributed by atoms with Gasteiger partial charge in [-0.15, -0.1) is 11.3 Å². The molecule has 0 bridgehead atoms. The first-order valence-corrected chi connectivity index (χ1v) is 12.7. The molecule has 196 valence electrons. The van der Waals surface area contributed by atoms with E-state index in [-0.39, 0.29) is 35.1 Å². The standard InChI is InChI=1S/C24H25ClF3N7OS/c1-14-20(35(30)12-19(29)21-10-31-13-37-21)7-15(9-32-14)23(36)33-17-6-16(11-34-4-2-3-5-34)22(25)18(8-17)24(26,27)28/h6-10,13,29H,2-5,11-12,30H2,1H3,(H,33,36). The molecule has 0 saturated carbocycles. The number of pyridine rings is 1. The Bertz CT molecular complexity index is 1290. The lowest BCUT2D eigenvalue weighted by Gasteiger charge is -2.21. The van der Waals surface area contributed by atoms with Crippen LogP contribution in [0.15, 0.2) is 36.1 Å². The lowest BCUT2D eigenvalue weighted by molar-refractivity contribution is -0.137. The number of hydrazine groups is 1. The van der Waals surface area contributed by atoms with Gasteiger partial charge >= 0.3 is 6.18 Å². The van der Waals surface area contributed by atoms with Crippen LogP contribution in [-0.4, -0.2) is 46.1 Å². The van der Waals surface area contributed by atoms with Crippen molar-refractivity contribution in [2.24, 2.45) is 5.84 Å². The Morgan fingerprint density at radius 3 is 2.65 bits per heavy atom. The van der Waals surface area contributed by atoms with Gasteiger partial charge in [0.05, 0.1) is 50.2 Å². The van der Waals surface area contributed by atoms with E-state index in [1.807, 2.05) is 4.90 Å². The third-order valence-corrected chi connectivity index (χ3v) is 7.27. The third kappa shape index (κ3) is 6.45. The first-order valence-electron chi connectivity index (χ1n) is 11.4. The minimum atomic E-state index is -4.68. The fraction of sp³-hybridized carbons (Fsp3) is 0.333. The number of amides is 1. The molecule has 1 aliphatic heterocycles. The Balaban J connectivity index is 1.57. The van der Waals surface area contributed by atoms with E-state index in [0.717, 1.165) is 32.0 Å². The largest absolute Gasteiger partial charge is 0.417 e. The van der Waals surface area contributed by atoms with Crippen LogP contribution in [0.1, 0.15) is 44.9 Å². The van der Waals surface area contributed by atoms with Gasteiger partial charge in [-0.05, 0) is 56.6 Å². The first-order chi connectivity index (χ1) is 17.5. The van der Waals surface area contributed by atoms with Crippen LogP contribution in [0.3, 0.4) is 0 Å². The second kappa shape index (κ2) is 11.1. The summed E-state index contributed by atoms with van der Waals surface area (Å²) < 4.78 is 41.1. The number of alkyl halides is 3. The van der Waals surface area contributed by atoms with Gasteiger partial charge in [0.2, 0.25) is 0 Å². The van der Waals surface area contributed by atoms with E-state index in [1.165, 1.54) is 34.7 Å². The maximum Gasteiger partial charge on any atom is 0.417 e. The van der Waals surface area contributed by atoms with Crippen LogP contribution in [0.25, 0.3) is 0 Å². The molecule has 37 heavy (non-hydrogen) atoms. The molecule has 1 fully saturated rings. The van der Waals surface area contributed by atoms with Crippen LogP contribution in [0.2, 0.25) is 5.02 Å². The summed E-state index contributed by atoms with van der Waals surface area (Å²) in [5.74, 6) is 5.52. The molecule has 0 unspecified atom stereocenters. The summed E-state index contributed by atoms with van der Waals surface area (Å²) in [6, 6.07) is 3.80. The molecule has 0 spiro atoms. The van der Waals surface area contributed by atoms with Gasteiger partial charge in [-0.25, -0.2) is 5.84 Å². The summed E-state index contributed by atoms with van der Waals surface area (Å²) in [5.41, 5.74) is 2.16. The fourth-order valence-electron chi connectivity index (χ4n) is 4.10. The highest BCUT2D eigenvalue weighted by Gasteiger charge is 2.35. The second-order valence-electron chi connectivity index (χ2n) is 8.73. The number of aryl methyl sites for hydroxylation is 1. The molecule has 4 rings (SSSR count). The number of nitrogens with two attached hydrogens (primary N) is 1. The Labute approximate surface area is 220 Å². The van der Waals surface area contributed by atoms with Crippen LogP contribution in [0.4, 0.5) is 24.5 Å². The molecule has 8 nitrogen and oxygen atoms in total. The predicted molar refractivity (Wildman–Crippen MR) is 138 cm³/mol. The van der Waals surface area contributed by atoms with Crippen molar-refractivity contribution in [3.63, 3.8) is 0 Å². The van der Waals surface area contributed by atoms with Crippen LogP contribution >= 0.6 is 22.9 Å². The zero-order valence-corrected chi connectivity index (χ0v) is 21.5. The number of benzene rings is 1. The van der Waals surface area contributed by atoms with Crippen LogP contribution in [0, 0.1) is 12.3 Å². The van der Waals surface area contributed by atoms with Crippen molar-refractivity contribution in [2.45, 2.75) is 32.5 Å². The Kier molecular flexibility index (Phi) is 8.12. The van der Waals surface area contributed by atoms with Crippen molar-refractivity contribution in [1.29, 1.82) is 5.41 Å². The third-order valence-electron chi connectivity index (χ3n) is 5.99. The lowest BCUT2D eigenvalue weighted by Crippen LogP contribution is -2.36. The highest BCUT2D eigenvalue weighted by molar-refractivity contribution is 7.11. The van der Waals surface area contributed by atoms with Crippen LogP contribution in [0.5, 0.6) is 0 Å². The molecular weight excluding hydrogens is 527 g/mol. The quantitative estimate of drug-likeness (QED) is 0.204. The van der Waals surface area contributed by atoms with Crippen LogP contribution in [-0.2, 0) is 12.7 Å². The van der Waals surface area contributed by atoms with E-state index in [9.17, 15) is 18.0 Å². The monoisotopic (exact) mass is 551 g/mol. The molecule has 2 aromatic heterocycles. The summed E-state index contributed by atoms with van der Waals surface area (Å²) in [4.78, 5) is 23.9. The van der Waals surface area contributed by atoms with Crippen LogP contribution < -0.4 is 16.2 Å². The molecule has 0 radical (unpaired) electrons. The number of hydrogen-bond acceptors (Lipinski definition) is 8. The summed E-state index contributed by atoms with van der Waals surface area (Å²) in [5, 5.41) is 11.7. The topological polar surface area (TPSA) is 111 Å². The molecule has 1 saturated heterocycles. The summed E-state index contributed by atoms with van der Waals surface area (Å²) in [6.07, 6.45) is 0.158. The van der Waals surface area contributed by atoms with Gasteiger partial charge in [-0.2, -0.15) is 13.2 Å². The highest BCUT2D eigenvalue weighted by Crippen LogP contribution is 2.39. The van der Waals surface area contributed by atoms with E-state index in [1.54, 1.807) is 18.6 Å².